The second-order valence-corrected chi connectivity index (χ2v) is 3.59. The summed E-state index contributed by atoms with van der Waals surface area (Å²) >= 11 is 4.99. The molecule has 1 aromatic rings. The number of aromatic nitrogens is 3. The Bertz CT molecular complexity index is 408. The fourth-order valence-corrected chi connectivity index (χ4v) is 1.89. The fraction of sp³-hybridized carbons (Fsp3) is 0.571. The standard InChI is InChI=1S/C7H11N5OS/c8-6-10-11-7(14)12(6)4-2-1-3-9-5(4)13/h4H,1-3H2,(H2,8,10)(H,9,13)(H,11,14). The van der Waals surface area contributed by atoms with Crippen molar-refractivity contribution in [3.8, 4) is 0 Å². The molecule has 1 fully saturated rings. The van der Waals surface area contributed by atoms with E-state index in [4.69, 9.17) is 18.0 Å². The molecule has 1 amide bonds. The number of H-pyrrole nitrogens is 1. The molecule has 1 aliphatic heterocycles. The first-order chi connectivity index (χ1) is 6.70. The predicted molar refractivity (Wildman–Crippen MR) is 53.1 cm³/mol. The number of piperidine rings is 1. The zero-order valence-corrected chi connectivity index (χ0v) is 8.30. The van der Waals surface area contributed by atoms with Crippen LogP contribution in [0.2, 0.25) is 0 Å². The average molecular weight is 213 g/mol. The number of anilines is 1. The molecule has 6 nitrogen and oxygen atoms in total. The predicted octanol–water partition coefficient (Wildman–Crippen LogP) is -0.0260. The lowest BCUT2D eigenvalue weighted by molar-refractivity contribution is -0.125. The lowest BCUT2D eigenvalue weighted by Crippen LogP contribution is -2.38. The van der Waals surface area contributed by atoms with E-state index in [-0.39, 0.29) is 17.9 Å². The maximum Gasteiger partial charge on any atom is 0.243 e. The first-order valence-corrected chi connectivity index (χ1v) is 4.81. The average Bonchev–Trinajstić information content (AvgIpc) is 2.48. The molecule has 0 bridgehead atoms. The van der Waals surface area contributed by atoms with Crippen molar-refractivity contribution in [2.45, 2.75) is 18.9 Å². The van der Waals surface area contributed by atoms with E-state index in [0.29, 0.717) is 4.77 Å². The summed E-state index contributed by atoms with van der Waals surface area (Å²) in [6.07, 6.45) is 1.69. The number of aromatic amines is 1. The van der Waals surface area contributed by atoms with Gasteiger partial charge in [0.1, 0.15) is 6.04 Å². The molecule has 1 unspecified atom stereocenters. The van der Waals surface area contributed by atoms with Crippen LogP contribution >= 0.6 is 12.2 Å². The minimum atomic E-state index is -0.310. The van der Waals surface area contributed by atoms with Crippen LogP contribution in [0.5, 0.6) is 0 Å². The Morgan fingerprint density at radius 2 is 2.43 bits per heavy atom. The van der Waals surface area contributed by atoms with Crippen molar-refractivity contribution in [3.63, 3.8) is 0 Å². The molecule has 0 aliphatic carbocycles. The molecule has 1 aromatic heterocycles. The van der Waals surface area contributed by atoms with E-state index in [9.17, 15) is 4.79 Å². The Hall–Kier alpha value is -1.37. The zero-order valence-electron chi connectivity index (χ0n) is 7.49. The van der Waals surface area contributed by atoms with Crippen LogP contribution in [0, 0.1) is 4.77 Å². The molecule has 7 heteroatoms. The number of carbonyl (C=O) groups is 1. The van der Waals surface area contributed by atoms with Crippen molar-refractivity contribution in [1.29, 1.82) is 0 Å². The summed E-state index contributed by atoms with van der Waals surface area (Å²) in [4.78, 5) is 11.5. The number of amides is 1. The van der Waals surface area contributed by atoms with Crippen LogP contribution in [0.1, 0.15) is 18.9 Å². The van der Waals surface area contributed by atoms with Crippen molar-refractivity contribution in [2.75, 3.05) is 12.3 Å². The minimum absolute atomic E-state index is 0.0412. The van der Waals surface area contributed by atoms with E-state index in [1.54, 1.807) is 4.57 Å². The molecule has 0 saturated carbocycles. The maximum atomic E-state index is 11.5. The third-order valence-electron chi connectivity index (χ3n) is 2.30. The molecule has 1 aliphatic rings. The third kappa shape index (κ3) is 1.39. The highest BCUT2D eigenvalue weighted by Crippen LogP contribution is 2.20. The van der Waals surface area contributed by atoms with E-state index in [1.165, 1.54) is 0 Å². The number of carbonyl (C=O) groups excluding carboxylic acids is 1. The van der Waals surface area contributed by atoms with Crippen LogP contribution in [-0.4, -0.2) is 27.2 Å². The van der Waals surface area contributed by atoms with E-state index >= 15 is 0 Å². The molecule has 0 aromatic carbocycles. The van der Waals surface area contributed by atoms with Gasteiger partial charge in [-0.05, 0) is 25.1 Å². The second-order valence-electron chi connectivity index (χ2n) is 3.21. The van der Waals surface area contributed by atoms with E-state index in [2.05, 4.69) is 15.5 Å². The van der Waals surface area contributed by atoms with Gasteiger partial charge in [-0.25, -0.2) is 5.10 Å². The Labute approximate surface area is 85.5 Å². The fourth-order valence-electron chi connectivity index (χ4n) is 1.62. The number of hydrogen-bond donors (Lipinski definition) is 3. The normalized spacial score (nSPS) is 22.0. The van der Waals surface area contributed by atoms with Gasteiger partial charge in [0.15, 0.2) is 4.77 Å². The Balaban J connectivity index is 2.38. The van der Waals surface area contributed by atoms with Crippen molar-refractivity contribution >= 4 is 24.1 Å². The summed E-state index contributed by atoms with van der Waals surface area (Å²) in [6.45, 7) is 0.723. The van der Waals surface area contributed by atoms with Crippen molar-refractivity contribution < 1.29 is 4.79 Å². The first kappa shape index (κ1) is 9.20. The minimum Gasteiger partial charge on any atom is -0.368 e. The number of hydrogen-bond acceptors (Lipinski definition) is 4. The van der Waals surface area contributed by atoms with E-state index < -0.39 is 0 Å². The van der Waals surface area contributed by atoms with Gasteiger partial charge in [0.05, 0.1) is 0 Å². The zero-order chi connectivity index (χ0) is 10.1. The van der Waals surface area contributed by atoms with E-state index in [0.717, 1.165) is 19.4 Å². The van der Waals surface area contributed by atoms with Gasteiger partial charge in [-0.15, -0.1) is 5.10 Å². The highest BCUT2D eigenvalue weighted by molar-refractivity contribution is 7.71. The molecule has 1 saturated heterocycles. The Morgan fingerprint density at radius 3 is 3.00 bits per heavy atom. The molecule has 76 valence electrons. The van der Waals surface area contributed by atoms with Crippen LogP contribution in [-0.2, 0) is 4.79 Å². The topological polar surface area (TPSA) is 88.7 Å². The van der Waals surface area contributed by atoms with Gasteiger partial charge < -0.3 is 11.1 Å². The molecule has 2 rings (SSSR count). The van der Waals surface area contributed by atoms with Gasteiger partial charge in [-0.1, -0.05) is 0 Å². The SMILES string of the molecule is Nc1n[nH]c(=S)n1C1CCCNC1=O. The third-order valence-corrected chi connectivity index (χ3v) is 2.59. The highest BCUT2D eigenvalue weighted by Gasteiger charge is 2.25. The number of nitrogens with one attached hydrogen (secondary N) is 2. The van der Waals surface area contributed by atoms with Gasteiger partial charge in [-0.2, -0.15) is 0 Å². The monoisotopic (exact) mass is 213 g/mol. The summed E-state index contributed by atoms with van der Waals surface area (Å²) in [7, 11) is 0. The van der Waals surface area contributed by atoms with Gasteiger partial charge in [0.25, 0.3) is 0 Å². The van der Waals surface area contributed by atoms with Crippen LogP contribution in [0.4, 0.5) is 5.95 Å². The van der Waals surface area contributed by atoms with Crippen LogP contribution in [0.15, 0.2) is 0 Å². The molecule has 0 radical (unpaired) electrons. The molecule has 1 atom stereocenters. The number of rotatable bonds is 1. The van der Waals surface area contributed by atoms with Gasteiger partial charge in [0, 0.05) is 6.54 Å². The summed E-state index contributed by atoms with van der Waals surface area (Å²) in [5, 5.41) is 9.11. The maximum absolute atomic E-state index is 11.5. The van der Waals surface area contributed by atoms with Gasteiger partial charge >= 0.3 is 0 Å². The van der Waals surface area contributed by atoms with Crippen molar-refractivity contribution in [1.82, 2.24) is 20.1 Å². The van der Waals surface area contributed by atoms with Gasteiger partial charge in [0.2, 0.25) is 11.9 Å². The summed E-state index contributed by atoms with van der Waals surface area (Å²) < 4.78 is 1.95. The first-order valence-electron chi connectivity index (χ1n) is 4.40. The van der Waals surface area contributed by atoms with Crippen LogP contribution in [0.25, 0.3) is 0 Å². The largest absolute Gasteiger partial charge is 0.368 e. The molecular weight excluding hydrogens is 202 g/mol. The molecular formula is C7H11N5OS. The Morgan fingerprint density at radius 1 is 1.64 bits per heavy atom. The summed E-state index contributed by atoms with van der Waals surface area (Å²) in [5.74, 6) is 0.220. The number of nitrogens with two attached hydrogens (primary N) is 1. The van der Waals surface area contributed by atoms with E-state index in [1.807, 2.05) is 0 Å². The molecule has 0 spiro atoms. The highest BCUT2D eigenvalue weighted by atomic mass is 32.1. The smallest absolute Gasteiger partial charge is 0.243 e. The quantitative estimate of drug-likeness (QED) is 0.572. The summed E-state index contributed by atoms with van der Waals surface area (Å²) in [5.41, 5.74) is 5.61. The van der Waals surface area contributed by atoms with Crippen LogP contribution < -0.4 is 11.1 Å². The molecule has 2 heterocycles. The lowest BCUT2D eigenvalue weighted by atomic mass is 10.1. The summed E-state index contributed by atoms with van der Waals surface area (Å²) in [6, 6.07) is -0.310. The lowest BCUT2D eigenvalue weighted by Gasteiger charge is -2.22. The number of nitrogen functional groups attached to an aromatic ring is 1. The van der Waals surface area contributed by atoms with Gasteiger partial charge in [-0.3, -0.25) is 9.36 Å². The molecule has 4 N–H and O–H groups in total. The van der Waals surface area contributed by atoms with Crippen molar-refractivity contribution in [2.24, 2.45) is 0 Å². The van der Waals surface area contributed by atoms with Crippen LogP contribution in [0.3, 0.4) is 0 Å². The second kappa shape index (κ2) is 3.41. The Kier molecular flexibility index (Phi) is 2.24. The molecule has 14 heavy (non-hydrogen) atoms. The number of nitrogens with zero attached hydrogens (tertiary/aromatic N) is 2. The van der Waals surface area contributed by atoms with Crippen molar-refractivity contribution in [3.05, 3.63) is 4.77 Å².